The molecular weight excluding hydrogens is 340 g/mol. The van der Waals surface area contributed by atoms with E-state index in [0.29, 0.717) is 5.75 Å². The van der Waals surface area contributed by atoms with E-state index in [0.717, 1.165) is 30.1 Å². The summed E-state index contributed by atoms with van der Waals surface area (Å²) in [6.07, 6.45) is 3.14. The first-order chi connectivity index (χ1) is 12.7. The average Bonchev–Trinajstić information content (AvgIpc) is 2.93. The first kappa shape index (κ1) is 15.9. The summed E-state index contributed by atoms with van der Waals surface area (Å²) >= 11 is 1.57. The van der Waals surface area contributed by atoms with Gasteiger partial charge in [0.05, 0.1) is 17.5 Å². The fourth-order valence-corrected chi connectivity index (χ4v) is 5.13. The third-order valence-corrected chi connectivity index (χ3v) is 6.36. The van der Waals surface area contributed by atoms with Gasteiger partial charge in [-0.05, 0) is 49.0 Å². The van der Waals surface area contributed by atoms with Crippen molar-refractivity contribution >= 4 is 28.5 Å². The monoisotopic (exact) mass is 360 g/mol. The number of carbonyl (C=O) groups excluding carboxylic acids is 1. The Morgan fingerprint density at radius 2 is 1.96 bits per heavy atom. The van der Waals surface area contributed by atoms with Gasteiger partial charge >= 0.3 is 0 Å². The van der Waals surface area contributed by atoms with Gasteiger partial charge in [0, 0.05) is 5.56 Å². The zero-order valence-electron chi connectivity index (χ0n) is 14.7. The van der Waals surface area contributed by atoms with Crippen LogP contribution in [0.25, 0.3) is 5.70 Å². The molecule has 3 nitrogen and oxygen atoms in total. The Labute approximate surface area is 157 Å². The summed E-state index contributed by atoms with van der Waals surface area (Å²) in [5.74, 6) is 0.659. The van der Waals surface area contributed by atoms with Crippen molar-refractivity contribution in [1.82, 2.24) is 4.90 Å². The Bertz CT molecular complexity index is 961. The molecule has 2 aromatic carbocycles. The van der Waals surface area contributed by atoms with Crippen LogP contribution < -0.4 is 0 Å². The molecule has 1 atom stereocenters. The highest BCUT2D eigenvalue weighted by molar-refractivity contribution is 8.15. The normalized spacial score (nSPS) is 21.7. The van der Waals surface area contributed by atoms with Crippen LogP contribution in [0.4, 0.5) is 0 Å². The topological polar surface area (TPSA) is 32.7 Å². The average molecular weight is 360 g/mol. The fourth-order valence-electron chi connectivity index (χ4n) is 4.24. The van der Waals surface area contributed by atoms with E-state index in [-0.39, 0.29) is 11.9 Å². The summed E-state index contributed by atoms with van der Waals surface area (Å²) in [4.78, 5) is 19.6. The predicted molar refractivity (Wildman–Crippen MR) is 107 cm³/mol. The van der Waals surface area contributed by atoms with Crippen molar-refractivity contribution in [3.63, 3.8) is 0 Å². The molecule has 1 amide bonds. The van der Waals surface area contributed by atoms with Crippen LogP contribution in [0.2, 0.25) is 0 Å². The Morgan fingerprint density at radius 3 is 2.81 bits per heavy atom. The minimum atomic E-state index is -0.0207. The molecular formula is C22H20N2OS. The molecule has 4 heteroatoms. The maximum Gasteiger partial charge on any atom is 0.239 e. The summed E-state index contributed by atoms with van der Waals surface area (Å²) in [7, 11) is 0. The molecule has 5 rings (SSSR count). The molecule has 0 N–H and O–H groups in total. The van der Waals surface area contributed by atoms with Crippen LogP contribution >= 0.6 is 11.8 Å². The van der Waals surface area contributed by atoms with E-state index in [1.54, 1.807) is 11.8 Å². The third-order valence-electron chi connectivity index (χ3n) is 5.43. The highest BCUT2D eigenvalue weighted by Gasteiger charge is 2.41. The predicted octanol–water partition coefficient (Wildman–Crippen LogP) is 4.73. The number of amides is 1. The van der Waals surface area contributed by atoms with Crippen molar-refractivity contribution < 1.29 is 4.79 Å². The SMILES string of the molecule is Cc1ccc2c(c1)C1=C(CCC2)C(c2ccccc2)N2C(=O)CSC2=N1. The number of thioether (sulfide) groups is 1. The van der Waals surface area contributed by atoms with Crippen LogP contribution in [0, 0.1) is 6.92 Å². The van der Waals surface area contributed by atoms with Gasteiger partial charge in [-0.1, -0.05) is 59.8 Å². The van der Waals surface area contributed by atoms with Gasteiger partial charge in [-0.3, -0.25) is 9.69 Å². The first-order valence-corrected chi connectivity index (χ1v) is 10.1. The van der Waals surface area contributed by atoms with Crippen LogP contribution in [0.5, 0.6) is 0 Å². The molecule has 2 aromatic rings. The number of amidine groups is 1. The van der Waals surface area contributed by atoms with Gasteiger partial charge in [0.2, 0.25) is 5.91 Å². The number of aryl methyl sites for hydroxylation is 2. The van der Waals surface area contributed by atoms with Crippen molar-refractivity contribution in [2.45, 2.75) is 32.2 Å². The molecule has 0 spiro atoms. The number of rotatable bonds is 1. The van der Waals surface area contributed by atoms with Crippen LogP contribution in [-0.4, -0.2) is 21.7 Å². The lowest BCUT2D eigenvalue weighted by Gasteiger charge is -2.34. The van der Waals surface area contributed by atoms with Gasteiger partial charge in [-0.15, -0.1) is 0 Å². The van der Waals surface area contributed by atoms with Gasteiger partial charge in [0.25, 0.3) is 0 Å². The number of nitrogens with zero attached hydrogens (tertiary/aromatic N) is 2. The molecule has 0 bridgehead atoms. The molecule has 1 saturated heterocycles. The van der Waals surface area contributed by atoms with Crippen molar-refractivity contribution in [2.75, 3.05) is 5.75 Å². The van der Waals surface area contributed by atoms with E-state index in [1.807, 2.05) is 11.0 Å². The van der Waals surface area contributed by atoms with Crippen LogP contribution in [0.1, 0.15) is 41.1 Å². The minimum Gasteiger partial charge on any atom is -0.279 e. The van der Waals surface area contributed by atoms with Gasteiger partial charge in [0.1, 0.15) is 0 Å². The molecule has 2 aliphatic heterocycles. The zero-order valence-corrected chi connectivity index (χ0v) is 15.6. The van der Waals surface area contributed by atoms with Crippen molar-refractivity contribution in [2.24, 2.45) is 4.99 Å². The second kappa shape index (κ2) is 6.13. The molecule has 2 heterocycles. The fraction of sp³-hybridized carbons (Fsp3) is 0.273. The van der Waals surface area contributed by atoms with E-state index in [4.69, 9.17) is 4.99 Å². The number of fused-ring (bicyclic) bond motifs is 3. The summed E-state index contributed by atoms with van der Waals surface area (Å²) in [6.45, 7) is 2.14. The quantitative estimate of drug-likeness (QED) is 0.736. The van der Waals surface area contributed by atoms with E-state index in [2.05, 4.69) is 49.4 Å². The molecule has 130 valence electrons. The van der Waals surface area contributed by atoms with Crippen molar-refractivity contribution in [3.8, 4) is 0 Å². The van der Waals surface area contributed by atoms with Gasteiger partial charge < -0.3 is 0 Å². The van der Waals surface area contributed by atoms with Crippen LogP contribution in [0.15, 0.2) is 59.1 Å². The number of carbonyl (C=O) groups is 1. The first-order valence-electron chi connectivity index (χ1n) is 9.14. The van der Waals surface area contributed by atoms with Crippen LogP contribution in [0.3, 0.4) is 0 Å². The Kier molecular flexibility index (Phi) is 3.75. The Morgan fingerprint density at radius 1 is 1.12 bits per heavy atom. The smallest absolute Gasteiger partial charge is 0.239 e. The van der Waals surface area contributed by atoms with Gasteiger partial charge in [-0.2, -0.15) is 0 Å². The lowest BCUT2D eigenvalue weighted by Crippen LogP contribution is -2.37. The highest BCUT2D eigenvalue weighted by atomic mass is 32.2. The van der Waals surface area contributed by atoms with E-state index in [9.17, 15) is 4.79 Å². The number of hydrogen-bond donors (Lipinski definition) is 0. The van der Waals surface area contributed by atoms with Gasteiger partial charge in [0.15, 0.2) is 5.17 Å². The minimum absolute atomic E-state index is 0.0207. The molecule has 1 unspecified atom stereocenters. The van der Waals surface area contributed by atoms with E-state index < -0.39 is 0 Å². The lowest BCUT2D eigenvalue weighted by atomic mass is 9.90. The van der Waals surface area contributed by atoms with Crippen molar-refractivity contribution in [3.05, 3.63) is 76.4 Å². The molecule has 3 aliphatic rings. The Balaban J connectivity index is 1.76. The molecule has 0 aromatic heterocycles. The summed E-state index contributed by atoms with van der Waals surface area (Å²) in [6, 6.07) is 17.1. The summed E-state index contributed by atoms with van der Waals surface area (Å²) in [5, 5.41) is 0.858. The number of benzene rings is 2. The van der Waals surface area contributed by atoms with Crippen LogP contribution in [-0.2, 0) is 11.2 Å². The summed E-state index contributed by atoms with van der Waals surface area (Å²) < 4.78 is 0. The third kappa shape index (κ3) is 2.43. The maximum atomic E-state index is 12.7. The molecule has 26 heavy (non-hydrogen) atoms. The second-order valence-electron chi connectivity index (χ2n) is 7.15. The molecule has 1 fully saturated rings. The maximum absolute atomic E-state index is 12.7. The second-order valence-corrected chi connectivity index (χ2v) is 8.09. The zero-order chi connectivity index (χ0) is 17.7. The lowest BCUT2D eigenvalue weighted by molar-refractivity contribution is -0.125. The van der Waals surface area contributed by atoms with E-state index in [1.165, 1.54) is 27.8 Å². The van der Waals surface area contributed by atoms with Crippen molar-refractivity contribution in [1.29, 1.82) is 0 Å². The molecule has 0 saturated carbocycles. The standard InChI is InChI=1S/C22H20N2OS/c1-14-10-11-15-8-5-9-17-20(18(15)12-14)23-22-24(19(25)13-26-22)21(17)16-6-3-2-4-7-16/h2-4,6-7,10-12,21H,5,8-9,13H2,1H3. The largest absolute Gasteiger partial charge is 0.279 e. The molecule has 1 aliphatic carbocycles. The van der Waals surface area contributed by atoms with Gasteiger partial charge in [-0.25, -0.2) is 4.99 Å². The number of hydrogen-bond acceptors (Lipinski definition) is 3. The molecule has 0 radical (unpaired) electrons. The summed E-state index contributed by atoms with van der Waals surface area (Å²) in [5.41, 5.74) is 7.46. The highest BCUT2D eigenvalue weighted by Crippen LogP contribution is 2.46. The Hall–Kier alpha value is -2.33. The van der Waals surface area contributed by atoms with E-state index >= 15 is 0 Å². The number of aliphatic imine (C=N–C) groups is 1.